The second-order valence-electron chi connectivity index (χ2n) is 8.63. The molecule has 1 aromatic heterocycles. The van der Waals surface area contributed by atoms with Crippen LogP contribution >= 0.6 is 6.64 Å². The minimum atomic E-state index is -3.63. The average Bonchev–Trinajstić information content (AvgIpc) is 3.09. The third kappa shape index (κ3) is 6.75. The van der Waals surface area contributed by atoms with Crippen molar-refractivity contribution in [2.24, 2.45) is 0 Å². The Balaban J connectivity index is 1.85. The number of aliphatic hydroxyl groups excluding tert-OH is 1. The van der Waals surface area contributed by atoms with Crippen LogP contribution in [0.3, 0.4) is 0 Å². The predicted octanol–water partition coefficient (Wildman–Crippen LogP) is 0.548. The highest BCUT2D eigenvalue weighted by atomic mass is 32.5. The maximum atomic E-state index is 13.4. The van der Waals surface area contributed by atoms with Crippen molar-refractivity contribution in [3.63, 3.8) is 0 Å². The molecule has 4 N–H and O–H groups in total. The van der Waals surface area contributed by atoms with Crippen molar-refractivity contribution in [3.05, 3.63) is 63.2 Å². The Labute approximate surface area is 221 Å². The van der Waals surface area contributed by atoms with Gasteiger partial charge in [-0.25, -0.2) is 14.3 Å². The smallest absolute Gasteiger partial charge is 0.330 e. The Hall–Kier alpha value is -2.89. The van der Waals surface area contributed by atoms with Gasteiger partial charge in [0.1, 0.15) is 29.8 Å². The van der Waals surface area contributed by atoms with E-state index in [9.17, 15) is 29.0 Å². The summed E-state index contributed by atoms with van der Waals surface area (Å²) in [6.07, 6.45) is 1.41. The van der Waals surface area contributed by atoms with Crippen molar-refractivity contribution in [2.75, 3.05) is 6.61 Å². The van der Waals surface area contributed by atoms with Crippen molar-refractivity contribution in [1.29, 1.82) is 0 Å². The summed E-state index contributed by atoms with van der Waals surface area (Å²) in [4.78, 5) is 38.1. The highest BCUT2D eigenvalue weighted by Crippen LogP contribution is 2.47. The number of halogens is 1. The van der Waals surface area contributed by atoms with Gasteiger partial charge in [0.05, 0.1) is 12.7 Å². The molecule has 1 saturated heterocycles. The lowest BCUT2D eigenvalue weighted by atomic mass is 9.95. The summed E-state index contributed by atoms with van der Waals surface area (Å²) in [6.45, 7) is 0.665. The fourth-order valence-corrected chi connectivity index (χ4v) is 5.89. The molecule has 1 aliphatic heterocycles. The lowest BCUT2D eigenvalue weighted by molar-refractivity contribution is -0.149. The fourth-order valence-electron chi connectivity index (χ4n) is 3.47. The maximum Gasteiger partial charge on any atom is 0.330 e. The molecule has 38 heavy (non-hydrogen) atoms. The first-order valence-corrected chi connectivity index (χ1v) is 13.9. The van der Waals surface area contributed by atoms with Crippen LogP contribution in [-0.2, 0) is 30.6 Å². The number of hydrogen-bond donors (Lipinski definition) is 4. The summed E-state index contributed by atoms with van der Waals surface area (Å²) in [7, 11) is 0. The number of benzene rings is 1. The van der Waals surface area contributed by atoms with Crippen LogP contribution in [0.4, 0.5) is 4.39 Å². The highest BCUT2D eigenvalue weighted by molar-refractivity contribution is 8.09. The van der Waals surface area contributed by atoms with Gasteiger partial charge < -0.3 is 28.7 Å². The van der Waals surface area contributed by atoms with E-state index < -0.39 is 72.5 Å². The third-order valence-corrected chi connectivity index (χ3v) is 7.82. The first-order chi connectivity index (χ1) is 17.8. The van der Waals surface area contributed by atoms with Crippen LogP contribution in [0.2, 0.25) is 0 Å². The monoisotopic (exact) mass is 571 g/mol. The van der Waals surface area contributed by atoms with Crippen LogP contribution in [0, 0.1) is 18.2 Å². The molecule has 1 aliphatic rings. The number of aliphatic hydroxyl groups is 2. The maximum absolute atomic E-state index is 13.4. The Morgan fingerprint density at radius 1 is 1.34 bits per heavy atom. The quantitative estimate of drug-likeness (QED) is 0.179. The van der Waals surface area contributed by atoms with Crippen LogP contribution < -0.4 is 20.9 Å². The van der Waals surface area contributed by atoms with Gasteiger partial charge in [0, 0.05) is 12.3 Å². The van der Waals surface area contributed by atoms with Gasteiger partial charge in [-0.15, -0.1) is 6.42 Å². The number of nitrogens with one attached hydrogen (secondary N) is 2. The normalized spacial score (nSPS) is 25.4. The summed E-state index contributed by atoms with van der Waals surface area (Å²) in [5.41, 5.74) is -4.02. The van der Waals surface area contributed by atoms with Crippen LogP contribution in [-0.4, -0.2) is 62.3 Å². The molecule has 0 amide bonds. The summed E-state index contributed by atoms with van der Waals surface area (Å²) in [5.74, 6) is 0.991. The van der Waals surface area contributed by atoms with Gasteiger partial charge in [0.25, 0.3) is 5.56 Å². The van der Waals surface area contributed by atoms with Gasteiger partial charge >= 0.3 is 18.3 Å². The SMILES string of the molecule is C#C[C@]1(O)C(n2ccc(=O)[nH]c2=O)O[C@H](COP(=S)(NC(C)C(=O)OC(C)C)Oc2ccc(F)cc2)[C@H]1O. The Morgan fingerprint density at radius 2 is 2.00 bits per heavy atom. The fraction of sp³-hybridized carbons (Fsp3) is 0.435. The third-order valence-electron chi connectivity index (χ3n) is 5.32. The van der Waals surface area contributed by atoms with E-state index in [1.165, 1.54) is 19.1 Å². The van der Waals surface area contributed by atoms with E-state index in [1.54, 1.807) is 13.8 Å². The topological polar surface area (TPSA) is 161 Å². The van der Waals surface area contributed by atoms with Gasteiger partial charge in [-0.3, -0.25) is 19.1 Å². The van der Waals surface area contributed by atoms with Gasteiger partial charge in [0.2, 0.25) is 0 Å². The second-order valence-corrected chi connectivity index (χ2v) is 11.8. The molecule has 0 bridgehead atoms. The number of ether oxygens (including phenoxy) is 2. The van der Waals surface area contributed by atoms with Gasteiger partial charge in [0.15, 0.2) is 11.8 Å². The standard InChI is InChI=1S/C23H27FN3O9PS/c1-5-23(32)19(29)17(35-21(23)27-11-10-18(28)25-22(27)31)12-33-37(38,26-14(4)20(30)34-13(2)3)36-16-8-6-15(24)7-9-16/h1,6-11,13-14,17,19,21,29,32H,12H2,2-4H3,(H,26,38)(H,25,28,31)/t14?,17-,19-,21?,23-,37?/m1/s1. The molecule has 0 spiro atoms. The minimum Gasteiger partial charge on any atom is -0.462 e. The molecule has 1 fully saturated rings. The number of aromatic amines is 1. The molecule has 1 aromatic carbocycles. The Bertz CT molecular complexity index is 1360. The number of nitrogens with zero attached hydrogens (tertiary/aromatic N) is 1. The van der Waals surface area contributed by atoms with Gasteiger partial charge in [-0.1, -0.05) is 5.92 Å². The average molecular weight is 572 g/mol. The van der Waals surface area contributed by atoms with E-state index in [2.05, 4.69) is 5.09 Å². The number of carbonyl (C=O) groups excluding carboxylic acids is 1. The number of rotatable bonds is 10. The summed E-state index contributed by atoms with van der Waals surface area (Å²) < 4.78 is 36.6. The number of carbonyl (C=O) groups is 1. The molecule has 0 aliphatic carbocycles. The molecule has 3 unspecified atom stereocenters. The molecule has 6 atom stereocenters. The predicted molar refractivity (Wildman–Crippen MR) is 136 cm³/mol. The molecular formula is C23H27FN3O9PS. The Morgan fingerprint density at radius 3 is 2.58 bits per heavy atom. The van der Waals surface area contributed by atoms with Crippen molar-refractivity contribution in [3.8, 4) is 18.1 Å². The number of hydrogen-bond acceptors (Lipinski definition) is 10. The first-order valence-electron chi connectivity index (χ1n) is 11.3. The van der Waals surface area contributed by atoms with E-state index in [-0.39, 0.29) is 5.75 Å². The number of aromatic nitrogens is 2. The largest absolute Gasteiger partial charge is 0.462 e. The van der Waals surface area contributed by atoms with E-state index in [0.717, 1.165) is 29.0 Å². The van der Waals surface area contributed by atoms with Crippen LogP contribution in [0.5, 0.6) is 5.75 Å². The zero-order chi connectivity index (χ0) is 28.3. The molecule has 0 radical (unpaired) electrons. The van der Waals surface area contributed by atoms with Crippen LogP contribution in [0.25, 0.3) is 0 Å². The van der Waals surface area contributed by atoms with Gasteiger partial charge in [-0.2, -0.15) is 0 Å². The summed E-state index contributed by atoms with van der Waals surface area (Å²) in [6, 6.07) is 4.89. The summed E-state index contributed by atoms with van der Waals surface area (Å²) in [5, 5.41) is 24.5. The molecule has 2 heterocycles. The van der Waals surface area contributed by atoms with Crippen LogP contribution in [0.15, 0.2) is 46.1 Å². The lowest BCUT2D eigenvalue weighted by Crippen LogP contribution is -2.48. The van der Waals surface area contributed by atoms with Crippen LogP contribution in [0.1, 0.15) is 27.0 Å². The zero-order valence-electron chi connectivity index (χ0n) is 20.6. The molecule has 206 valence electrons. The molecule has 12 nitrogen and oxygen atoms in total. The second kappa shape index (κ2) is 11.9. The van der Waals surface area contributed by atoms with Crippen molar-refractivity contribution in [2.45, 2.75) is 57.0 Å². The number of terminal acetylenes is 1. The van der Waals surface area contributed by atoms with Crippen molar-refractivity contribution < 1.29 is 37.9 Å². The number of H-pyrrole nitrogens is 1. The Kier molecular flexibility index (Phi) is 9.27. The zero-order valence-corrected chi connectivity index (χ0v) is 22.3. The molecule has 15 heteroatoms. The minimum absolute atomic E-state index is 0.123. The lowest BCUT2D eigenvalue weighted by Gasteiger charge is -2.28. The molecule has 0 saturated carbocycles. The van der Waals surface area contributed by atoms with E-state index >= 15 is 0 Å². The molecular weight excluding hydrogens is 544 g/mol. The van der Waals surface area contributed by atoms with Crippen molar-refractivity contribution in [1.82, 2.24) is 14.6 Å². The molecule has 2 aromatic rings. The number of esters is 1. The highest BCUT2D eigenvalue weighted by Gasteiger charge is 2.56. The van der Waals surface area contributed by atoms with E-state index in [4.69, 9.17) is 36.8 Å². The summed E-state index contributed by atoms with van der Waals surface area (Å²) >= 11 is 5.56. The van der Waals surface area contributed by atoms with E-state index in [1.807, 2.05) is 10.9 Å². The van der Waals surface area contributed by atoms with E-state index in [0.29, 0.717) is 0 Å². The molecule has 3 rings (SSSR count). The first kappa shape index (κ1) is 29.7. The van der Waals surface area contributed by atoms with Crippen molar-refractivity contribution >= 4 is 24.4 Å². The van der Waals surface area contributed by atoms with Gasteiger partial charge in [-0.05, 0) is 56.8 Å².